The van der Waals surface area contributed by atoms with Crippen LogP contribution in [0.1, 0.15) is 130 Å². The Morgan fingerprint density at radius 3 is 1.24 bits per heavy atom. The summed E-state index contributed by atoms with van der Waals surface area (Å²) < 4.78 is 0. The first-order valence-corrected chi connectivity index (χ1v) is 11.9. The summed E-state index contributed by atoms with van der Waals surface area (Å²) in [6, 6.07) is 0. The fraction of sp³-hybridized carbons (Fsp3) is 1.00. The number of hydrogen-bond acceptors (Lipinski definition) is 1. The predicted octanol–water partition coefficient (Wildman–Crippen LogP) is 8.23. The molecule has 0 aromatic heterocycles. The van der Waals surface area contributed by atoms with E-state index >= 15 is 0 Å². The Morgan fingerprint density at radius 1 is 0.480 bits per heavy atom. The maximum Gasteiger partial charge on any atom is -0.00187 e. The predicted molar refractivity (Wildman–Crippen MR) is 116 cm³/mol. The van der Waals surface area contributed by atoms with Gasteiger partial charge in [0, 0.05) is 0 Å². The Hall–Kier alpha value is -0.0400. The lowest BCUT2D eigenvalue weighted by Gasteiger charge is -2.22. The molecule has 0 saturated heterocycles. The Balaban J connectivity index is 3.62. The van der Waals surface area contributed by atoms with Crippen molar-refractivity contribution < 1.29 is 0 Å². The van der Waals surface area contributed by atoms with Crippen LogP contribution >= 0.6 is 0 Å². The molecule has 152 valence electrons. The minimum Gasteiger partial charge on any atom is -0.303 e. The molecule has 0 aliphatic rings. The minimum absolute atomic E-state index is 0.889. The van der Waals surface area contributed by atoms with Gasteiger partial charge in [0.15, 0.2) is 0 Å². The molecule has 1 nitrogen and oxygen atoms in total. The van der Waals surface area contributed by atoms with E-state index in [-0.39, 0.29) is 0 Å². The summed E-state index contributed by atoms with van der Waals surface area (Å²) in [5.74, 6) is 0.889. The van der Waals surface area contributed by atoms with Crippen molar-refractivity contribution in [3.63, 3.8) is 0 Å². The molecule has 0 unspecified atom stereocenters. The molecule has 0 spiro atoms. The Morgan fingerprint density at radius 2 is 0.840 bits per heavy atom. The molecule has 0 fully saturated rings. The highest BCUT2D eigenvalue weighted by molar-refractivity contribution is 4.60. The molecule has 0 heterocycles. The number of unbranched alkanes of at least 4 members (excludes halogenated alkanes) is 12. The number of hydrogen-bond donors (Lipinski definition) is 0. The lowest BCUT2D eigenvalue weighted by Crippen LogP contribution is -2.27. The fourth-order valence-corrected chi connectivity index (χ4v) is 3.63. The van der Waals surface area contributed by atoms with Crippen molar-refractivity contribution in [1.29, 1.82) is 0 Å². The van der Waals surface area contributed by atoms with Crippen LogP contribution in [0.2, 0.25) is 0 Å². The lowest BCUT2D eigenvalue weighted by atomic mass is 10.0. The molecule has 0 rings (SSSR count). The maximum absolute atomic E-state index is 2.77. The summed E-state index contributed by atoms with van der Waals surface area (Å²) in [4.78, 5) is 2.77. The van der Waals surface area contributed by atoms with Gasteiger partial charge in [0.25, 0.3) is 0 Å². The highest BCUT2D eigenvalue weighted by Crippen LogP contribution is 2.13. The molecule has 0 radical (unpaired) electrons. The molecular weight excluding hydrogens is 302 g/mol. The first-order valence-electron chi connectivity index (χ1n) is 11.9. The van der Waals surface area contributed by atoms with Crippen LogP contribution in [-0.4, -0.2) is 24.5 Å². The molecule has 0 amide bonds. The molecule has 0 aliphatic carbocycles. The summed E-state index contributed by atoms with van der Waals surface area (Å²) in [5.41, 5.74) is 0. The highest BCUT2D eigenvalue weighted by atomic mass is 15.1. The van der Waals surface area contributed by atoms with Gasteiger partial charge in [-0.1, -0.05) is 111 Å². The standard InChI is InChI=1S/C24H51N/c1-5-7-9-17-21-25(22-18-10-8-6-2)23-19-15-13-11-12-14-16-20-24(3)4/h24H,5-23H2,1-4H3. The first kappa shape index (κ1) is 25.0. The second kappa shape index (κ2) is 20.3. The summed E-state index contributed by atoms with van der Waals surface area (Å²) in [6.07, 6.45) is 22.8. The Bertz CT molecular complexity index is 224. The highest BCUT2D eigenvalue weighted by Gasteiger charge is 2.04. The zero-order valence-corrected chi connectivity index (χ0v) is 18.5. The van der Waals surface area contributed by atoms with Gasteiger partial charge in [0.2, 0.25) is 0 Å². The van der Waals surface area contributed by atoms with Gasteiger partial charge in [0.1, 0.15) is 0 Å². The molecule has 0 bridgehead atoms. The van der Waals surface area contributed by atoms with E-state index in [9.17, 15) is 0 Å². The molecule has 0 aromatic rings. The number of rotatable bonds is 20. The summed E-state index contributed by atoms with van der Waals surface area (Å²) in [6.45, 7) is 13.4. The summed E-state index contributed by atoms with van der Waals surface area (Å²) in [5, 5.41) is 0. The molecular formula is C24H51N. The molecule has 0 N–H and O–H groups in total. The van der Waals surface area contributed by atoms with E-state index in [0.29, 0.717) is 0 Å². The van der Waals surface area contributed by atoms with Crippen molar-refractivity contribution in [1.82, 2.24) is 4.90 Å². The topological polar surface area (TPSA) is 3.24 Å². The summed E-state index contributed by atoms with van der Waals surface area (Å²) in [7, 11) is 0. The van der Waals surface area contributed by atoms with Crippen LogP contribution in [0.25, 0.3) is 0 Å². The average Bonchev–Trinajstić information content (AvgIpc) is 2.59. The molecule has 0 atom stereocenters. The lowest BCUT2D eigenvalue weighted by molar-refractivity contribution is 0.254. The van der Waals surface area contributed by atoms with E-state index in [2.05, 4.69) is 32.6 Å². The number of nitrogens with zero attached hydrogens (tertiary/aromatic N) is 1. The van der Waals surface area contributed by atoms with E-state index in [1.807, 2.05) is 0 Å². The third-order valence-corrected chi connectivity index (χ3v) is 5.41. The monoisotopic (exact) mass is 353 g/mol. The van der Waals surface area contributed by atoms with Gasteiger partial charge >= 0.3 is 0 Å². The zero-order valence-electron chi connectivity index (χ0n) is 18.5. The smallest absolute Gasteiger partial charge is 0.00187 e. The van der Waals surface area contributed by atoms with Crippen LogP contribution in [0.4, 0.5) is 0 Å². The van der Waals surface area contributed by atoms with Gasteiger partial charge in [-0.25, -0.2) is 0 Å². The zero-order chi connectivity index (χ0) is 18.6. The van der Waals surface area contributed by atoms with Crippen LogP contribution in [0.3, 0.4) is 0 Å². The van der Waals surface area contributed by atoms with Crippen LogP contribution < -0.4 is 0 Å². The molecule has 0 saturated carbocycles. The largest absolute Gasteiger partial charge is 0.303 e. The first-order chi connectivity index (χ1) is 12.2. The normalized spacial score (nSPS) is 11.8. The Kier molecular flexibility index (Phi) is 20.2. The van der Waals surface area contributed by atoms with Crippen LogP contribution in [0.15, 0.2) is 0 Å². The third-order valence-electron chi connectivity index (χ3n) is 5.41. The quantitative estimate of drug-likeness (QED) is 0.199. The van der Waals surface area contributed by atoms with Gasteiger partial charge in [-0.15, -0.1) is 0 Å². The van der Waals surface area contributed by atoms with Gasteiger partial charge < -0.3 is 4.90 Å². The van der Waals surface area contributed by atoms with Gasteiger partial charge in [0.05, 0.1) is 0 Å². The van der Waals surface area contributed by atoms with E-state index in [0.717, 1.165) is 5.92 Å². The fourth-order valence-electron chi connectivity index (χ4n) is 3.63. The van der Waals surface area contributed by atoms with Gasteiger partial charge in [-0.05, 0) is 44.8 Å². The van der Waals surface area contributed by atoms with Crippen molar-refractivity contribution in [3.8, 4) is 0 Å². The average molecular weight is 354 g/mol. The van der Waals surface area contributed by atoms with Crippen LogP contribution in [-0.2, 0) is 0 Å². The SMILES string of the molecule is CCCCCCN(CCCCCC)CCCCCCCCCC(C)C. The van der Waals surface area contributed by atoms with Crippen LogP contribution in [0.5, 0.6) is 0 Å². The summed E-state index contributed by atoms with van der Waals surface area (Å²) >= 11 is 0. The van der Waals surface area contributed by atoms with E-state index < -0.39 is 0 Å². The van der Waals surface area contributed by atoms with E-state index in [1.165, 1.54) is 122 Å². The van der Waals surface area contributed by atoms with E-state index in [4.69, 9.17) is 0 Å². The van der Waals surface area contributed by atoms with Crippen LogP contribution in [0, 0.1) is 5.92 Å². The van der Waals surface area contributed by atoms with Crippen molar-refractivity contribution in [2.75, 3.05) is 19.6 Å². The molecule has 0 aliphatic heterocycles. The van der Waals surface area contributed by atoms with Gasteiger partial charge in [-0.3, -0.25) is 0 Å². The van der Waals surface area contributed by atoms with Crippen molar-refractivity contribution in [2.24, 2.45) is 5.92 Å². The van der Waals surface area contributed by atoms with E-state index in [1.54, 1.807) is 0 Å². The van der Waals surface area contributed by atoms with Crippen molar-refractivity contribution in [3.05, 3.63) is 0 Å². The Labute approximate surface area is 161 Å². The maximum atomic E-state index is 2.77. The second-order valence-corrected chi connectivity index (χ2v) is 8.62. The van der Waals surface area contributed by atoms with Crippen molar-refractivity contribution >= 4 is 0 Å². The van der Waals surface area contributed by atoms with Gasteiger partial charge in [-0.2, -0.15) is 0 Å². The second-order valence-electron chi connectivity index (χ2n) is 8.62. The van der Waals surface area contributed by atoms with Crippen molar-refractivity contribution in [2.45, 2.75) is 130 Å². The molecule has 1 heteroatoms. The molecule has 0 aromatic carbocycles. The minimum atomic E-state index is 0.889. The molecule has 25 heavy (non-hydrogen) atoms. The third kappa shape index (κ3) is 20.1.